The summed E-state index contributed by atoms with van der Waals surface area (Å²) >= 11 is 0. The Morgan fingerprint density at radius 3 is 2.55 bits per heavy atom. The summed E-state index contributed by atoms with van der Waals surface area (Å²) < 4.78 is 7.48. The number of rotatable bonds is 6. The van der Waals surface area contributed by atoms with Crippen molar-refractivity contribution in [1.82, 2.24) is 9.55 Å². The maximum absolute atomic E-state index is 13.2. The fourth-order valence-corrected chi connectivity index (χ4v) is 3.46. The molecule has 0 spiro atoms. The van der Waals surface area contributed by atoms with Crippen molar-refractivity contribution in [3.05, 3.63) is 88.6 Å². The highest BCUT2D eigenvalue weighted by molar-refractivity contribution is 6.14. The standard InChI is InChI=1S/C22H17N3O4/c1-24-17-11-6-5-10-16(17)20(21(24)15-8-3-2-4-9-15)18(26)14-29-19-12-7-13-23-22(19)25(27)28/h2-13H,14H2,1H3. The molecular weight excluding hydrogens is 370 g/mol. The molecule has 7 heteroatoms. The Balaban J connectivity index is 1.76. The third kappa shape index (κ3) is 3.34. The van der Waals surface area contributed by atoms with Gasteiger partial charge in [0.2, 0.25) is 11.5 Å². The SMILES string of the molecule is Cn1c(-c2ccccc2)c(C(=O)COc2cccnc2[N+](=O)[O-])c2ccccc21. The minimum atomic E-state index is -0.632. The van der Waals surface area contributed by atoms with Gasteiger partial charge in [-0.2, -0.15) is 0 Å². The van der Waals surface area contributed by atoms with E-state index in [1.165, 1.54) is 18.3 Å². The lowest BCUT2D eigenvalue weighted by atomic mass is 10.0. The zero-order valence-corrected chi connectivity index (χ0v) is 15.6. The van der Waals surface area contributed by atoms with Crippen LogP contribution in [0.5, 0.6) is 5.75 Å². The number of carbonyl (C=O) groups is 1. The van der Waals surface area contributed by atoms with Gasteiger partial charge in [-0.25, -0.2) is 0 Å². The van der Waals surface area contributed by atoms with Crippen LogP contribution in [0.25, 0.3) is 22.2 Å². The first-order chi connectivity index (χ1) is 14.1. The third-order valence-corrected chi connectivity index (χ3v) is 4.72. The average Bonchev–Trinajstić information content (AvgIpc) is 3.05. The first-order valence-electron chi connectivity index (χ1n) is 8.96. The summed E-state index contributed by atoms with van der Waals surface area (Å²) in [7, 11) is 1.91. The minimum Gasteiger partial charge on any atom is -0.477 e. The zero-order valence-electron chi connectivity index (χ0n) is 15.6. The Labute approximate surface area is 166 Å². The Bertz CT molecular complexity index is 1220. The highest BCUT2D eigenvalue weighted by Crippen LogP contribution is 2.33. The Kier molecular flexibility index (Phi) is 4.78. The van der Waals surface area contributed by atoms with Crippen molar-refractivity contribution < 1.29 is 14.5 Å². The van der Waals surface area contributed by atoms with Crippen LogP contribution in [0.1, 0.15) is 10.4 Å². The molecule has 0 aliphatic heterocycles. The molecular formula is C22H17N3O4. The fraction of sp³-hybridized carbons (Fsp3) is 0.0909. The normalized spacial score (nSPS) is 10.8. The molecule has 7 nitrogen and oxygen atoms in total. The van der Waals surface area contributed by atoms with Crippen molar-refractivity contribution in [2.75, 3.05) is 6.61 Å². The van der Waals surface area contributed by atoms with Crippen LogP contribution in [0.4, 0.5) is 5.82 Å². The maximum Gasteiger partial charge on any atom is 0.406 e. The van der Waals surface area contributed by atoms with Gasteiger partial charge >= 0.3 is 5.82 Å². The van der Waals surface area contributed by atoms with Crippen LogP contribution in [0.3, 0.4) is 0 Å². The molecule has 0 bridgehead atoms. The van der Waals surface area contributed by atoms with Crippen LogP contribution < -0.4 is 4.74 Å². The van der Waals surface area contributed by atoms with Gasteiger partial charge in [0.25, 0.3) is 0 Å². The topological polar surface area (TPSA) is 87.3 Å². The first kappa shape index (κ1) is 18.4. The van der Waals surface area contributed by atoms with E-state index in [2.05, 4.69) is 4.98 Å². The highest BCUT2D eigenvalue weighted by Gasteiger charge is 2.24. The number of fused-ring (bicyclic) bond motifs is 1. The Morgan fingerprint density at radius 1 is 1.07 bits per heavy atom. The van der Waals surface area contributed by atoms with Crippen molar-refractivity contribution in [2.45, 2.75) is 0 Å². The van der Waals surface area contributed by atoms with E-state index in [4.69, 9.17) is 4.74 Å². The monoisotopic (exact) mass is 387 g/mol. The minimum absolute atomic E-state index is 0.0349. The lowest BCUT2D eigenvalue weighted by molar-refractivity contribution is -0.390. The summed E-state index contributed by atoms with van der Waals surface area (Å²) in [4.78, 5) is 27.4. The number of Topliss-reactive ketones (excluding diaryl/α,β-unsaturated/α-hetero) is 1. The number of aryl methyl sites for hydroxylation is 1. The van der Waals surface area contributed by atoms with Gasteiger partial charge in [0.05, 0.1) is 11.3 Å². The molecule has 144 valence electrons. The molecule has 2 aromatic carbocycles. The van der Waals surface area contributed by atoms with Gasteiger partial charge in [-0.05, 0) is 33.7 Å². The van der Waals surface area contributed by atoms with Gasteiger partial charge in [0.1, 0.15) is 6.20 Å². The number of ketones is 1. The molecule has 0 aliphatic carbocycles. The molecule has 0 unspecified atom stereocenters. The van der Waals surface area contributed by atoms with E-state index in [1.807, 2.05) is 66.2 Å². The number of hydrogen-bond acceptors (Lipinski definition) is 5. The second-order valence-electron chi connectivity index (χ2n) is 6.46. The third-order valence-electron chi connectivity index (χ3n) is 4.72. The molecule has 0 saturated heterocycles. The predicted molar refractivity (Wildman–Crippen MR) is 109 cm³/mol. The number of aromatic nitrogens is 2. The van der Waals surface area contributed by atoms with Gasteiger partial charge in [-0.1, -0.05) is 48.5 Å². The lowest BCUT2D eigenvalue weighted by Gasteiger charge is -2.09. The summed E-state index contributed by atoms with van der Waals surface area (Å²) in [6.45, 7) is -0.333. The number of pyridine rings is 1. The molecule has 0 radical (unpaired) electrons. The number of ether oxygens (including phenoxy) is 1. The molecule has 2 aromatic heterocycles. The van der Waals surface area contributed by atoms with Crippen molar-refractivity contribution in [2.24, 2.45) is 7.05 Å². The highest BCUT2D eigenvalue weighted by atomic mass is 16.6. The van der Waals surface area contributed by atoms with Crippen molar-refractivity contribution in [3.63, 3.8) is 0 Å². The molecule has 0 atom stereocenters. The summed E-state index contributed by atoms with van der Waals surface area (Å²) in [5.41, 5.74) is 3.13. The fourth-order valence-electron chi connectivity index (χ4n) is 3.46. The second kappa shape index (κ2) is 7.55. The number of nitro groups is 1. The smallest absolute Gasteiger partial charge is 0.406 e. The first-order valence-corrected chi connectivity index (χ1v) is 8.96. The van der Waals surface area contributed by atoms with Crippen molar-refractivity contribution >= 4 is 22.5 Å². The molecule has 0 amide bonds. The van der Waals surface area contributed by atoms with Crippen LogP contribution in [0.2, 0.25) is 0 Å². The van der Waals surface area contributed by atoms with Gasteiger partial charge < -0.3 is 19.4 Å². The predicted octanol–water partition coefficient (Wildman–Crippen LogP) is 4.41. The molecule has 4 rings (SSSR count). The van der Waals surface area contributed by atoms with Crippen LogP contribution in [0, 0.1) is 10.1 Å². The van der Waals surface area contributed by atoms with E-state index in [0.29, 0.717) is 5.56 Å². The number of hydrogen-bond donors (Lipinski definition) is 0. The van der Waals surface area contributed by atoms with E-state index in [0.717, 1.165) is 22.2 Å². The summed E-state index contributed by atoms with van der Waals surface area (Å²) in [5, 5.41) is 11.9. The quantitative estimate of drug-likeness (QED) is 0.278. The zero-order chi connectivity index (χ0) is 20.4. The van der Waals surface area contributed by atoms with Crippen LogP contribution in [0.15, 0.2) is 72.9 Å². The van der Waals surface area contributed by atoms with Crippen LogP contribution in [-0.4, -0.2) is 26.9 Å². The van der Waals surface area contributed by atoms with E-state index in [1.54, 1.807) is 0 Å². The van der Waals surface area contributed by atoms with Gasteiger partial charge in [0, 0.05) is 18.0 Å². The van der Waals surface area contributed by atoms with E-state index >= 15 is 0 Å². The van der Waals surface area contributed by atoms with Gasteiger partial charge in [-0.3, -0.25) is 4.79 Å². The average molecular weight is 387 g/mol. The summed E-state index contributed by atoms with van der Waals surface area (Å²) in [6, 6.07) is 20.2. The summed E-state index contributed by atoms with van der Waals surface area (Å²) in [5.74, 6) is -0.715. The largest absolute Gasteiger partial charge is 0.477 e. The van der Waals surface area contributed by atoms with Crippen LogP contribution in [-0.2, 0) is 7.05 Å². The van der Waals surface area contributed by atoms with E-state index in [-0.39, 0.29) is 18.1 Å². The number of nitrogens with zero attached hydrogens (tertiary/aromatic N) is 3. The second-order valence-corrected chi connectivity index (χ2v) is 6.46. The Morgan fingerprint density at radius 2 is 1.79 bits per heavy atom. The van der Waals surface area contributed by atoms with Gasteiger partial charge in [0.15, 0.2) is 6.61 Å². The maximum atomic E-state index is 13.2. The Hall–Kier alpha value is -4.00. The molecule has 0 saturated carbocycles. The molecule has 0 N–H and O–H groups in total. The molecule has 0 fully saturated rings. The van der Waals surface area contributed by atoms with Crippen molar-refractivity contribution in [1.29, 1.82) is 0 Å². The number of carbonyl (C=O) groups excluding carboxylic acids is 1. The van der Waals surface area contributed by atoms with E-state index < -0.39 is 10.7 Å². The van der Waals surface area contributed by atoms with Crippen LogP contribution >= 0.6 is 0 Å². The molecule has 4 aromatic rings. The van der Waals surface area contributed by atoms with Gasteiger partial charge in [-0.15, -0.1) is 0 Å². The van der Waals surface area contributed by atoms with Crippen molar-refractivity contribution in [3.8, 4) is 17.0 Å². The number of para-hydroxylation sites is 1. The van der Waals surface area contributed by atoms with E-state index in [9.17, 15) is 14.9 Å². The number of benzene rings is 2. The lowest BCUT2D eigenvalue weighted by Crippen LogP contribution is -2.13. The molecule has 0 aliphatic rings. The molecule has 29 heavy (non-hydrogen) atoms. The molecule has 2 heterocycles. The summed E-state index contributed by atoms with van der Waals surface area (Å²) in [6.07, 6.45) is 1.31.